The number of anilines is 1. The maximum atomic E-state index is 14.1. The molecule has 0 bridgehead atoms. The van der Waals surface area contributed by atoms with Crippen molar-refractivity contribution in [2.75, 3.05) is 25.6 Å². The Morgan fingerprint density at radius 1 is 1.36 bits per heavy atom. The second kappa shape index (κ2) is 9.17. The van der Waals surface area contributed by atoms with Gasteiger partial charge in [-0.3, -0.25) is 0 Å². The number of allylic oxidation sites excluding steroid dienone is 3. The lowest BCUT2D eigenvalue weighted by Gasteiger charge is -2.19. The molecule has 0 aromatic heterocycles. The fraction of sp³-hybridized carbons (Fsp3) is 0.389. The van der Waals surface area contributed by atoms with Crippen molar-refractivity contribution < 1.29 is 23.0 Å². The van der Waals surface area contributed by atoms with Gasteiger partial charge in [0, 0.05) is 24.1 Å². The fourth-order valence-corrected chi connectivity index (χ4v) is 2.55. The molecule has 0 saturated carbocycles. The second-order valence-electron chi connectivity index (χ2n) is 5.70. The molecule has 0 unspecified atom stereocenters. The summed E-state index contributed by atoms with van der Waals surface area (Å²) >= 11 is 0. The van der Waals surface area contributed by atoms with Gasteiger partial charge in [-0.2, -0.15) is 0 Å². The number of halogens is 2. The largest absolute Gasteiger partial charge is 0.497 e. The van der Waals surface area contributed by atoms with E-state index in [-0.39, 0.29) is 30.0 Å². The lowest BCUT2D eigenvalue weighted by Crippen LogP contribution is -2.42. The van der Waals surface area contributed by atoms with Crippen molar-refractivity contribution in [1.82, 2.24) is 5.32 Å². The Kier molecular flexibility index (Phi) is 6.94. The molecule has 1 aromatic rings. The molecular weight excluding hydrogens is 330 g/mol. The molecule has 7 heteroatoms. The van der Waals surface area contributed by atoms with Gasteiger partial charge in [-0.1, -0.05) is 0 Å². The van der Waals surface area contributed by atoms with E-state index in [1.165, 1.54) is 37.5 Å². The van der Waals surface area contributed by atoms with Crippen molar-refractivity contribution in [2.24, 2.45) is 5.92 Å². The Labute approximate surface area is 145 Å². The van der Waals surface area contributed by atoms with Crippen LogP contribution in [0.5, 0.6) is 0 Å². The van der Waals surface area contributed by atoms with Gasteiger partial charge in [0.1, 0.15) is 17.4 Å². The first-order valence-electron chi connectivity index (χ1n) is 7.99. The summed E-state index contributed by atoms with van der Waals surface area (Å²) in [5, 5.41) is 5.38. The van der Waals surface area contributed by atoms with Gasteiger partial charge in [0.25, 0.3) is 0 Å². The quantitative estimate of drug-likeness (QED) is 0.605. The number of carbonyl (C=O) groups excluding carboxylic acids is 1. The highest BCUT2D eigenvalue weighted by atomic mass is 19.1. The van der Waals surface area contributed by atoms with E-state index in [2.05, 4.69) is 10.6 Å². The average Bonchev–Trinajstić information content (AvgIpc) is 3.01. The number of ether oxygens (including phenoxy) is 2. The first kappa shape index (κ1) is 18.9. The minimum absolute atomic E-state index is 0.141. The van der Waals surface area contributed by atoms with Crippen LogP contribution in [0.2, 0.25) is 0 Å². The zero-order valence-corrected chi connectivity index (χ0v) is 14.2. The van der Waals surface area contributed by atoms with Crippen LogP contribution in [-0.4, -0.2) is 32.4 Å². The molecule has 2 amide bonds. The van der Waals surface area contributed by atoms with E-state index >= 15 is 0 Å². The van der Waals surface area contributed by atoms with E-state index in [4.69, 9.17) is 9.47 Å². The third-order valence-corrected chi connectivity index (χ3v) is 3.89. The zero-order valence-electron chi connectivity index (χ0n) is 14.2. The van der Waals surface area contributed by atoms with Gasteiger partial charge in [-0.15, -0.1) is 0 Å². The molecule has 1 aromatic carbocycles. The monoisotopic (exact) mass is 352 g/mol. The predicted molar refractivity (Wildman–Crippen MR) is 91.2 cm³/mol. The molecule has 2 N–H and O–H groups in total. The minimum Gasteiger partial charge on any atom is -0.497 e. The Bertz CT molecular complexity index is 644. The van der Waals surface area contributed by atoms with Crippen LogP contribution >= 0.6 is 0 Å². The molecule has 1 aliphatic rings. The zero-order chi connectivity index (χ0) is 18.2. The summed E-state index contributed by atoms with van der Waals surface area (Å²) in [5.41, 5.74) is 0.471. The summed E-state index contributed by atoms with van der Waals surface area (Å²) in [5.74, 6) is -0.453. The summed E-state index contributed by atoms with van der Waals surface area (Å²) in [4.78, 5) is 12.0. The van der Waals surface area contributed by atoms with E-state index in [9.17, 15) is 13.6 Å². The lowest BCUT2D eigenvalue weighted by atomic mass is 9.99. The molecule has 1 saturated heterocycles. The lowest BCUT2D eigenvalue weighted by molar-refractivity contribution is 0.181. The van der Waals surface area contributed by atoms with Crippen LogP contribution in [0.1, 0.15) is 13.3 Å². The predicted octanol–water partition coefficient (Wildman–Crippen LogP) is 3.76. The van der Waals surface area contributed by atoms with Gasteiger partial charge < -0.3 is 20.1 Å². The molecule has 0 aliphatic carbocycles. The highest BCUT2D eigenvalue weighted by Gasteiger charge is 2.30. The SMILES string of the molecule is C/C=C(\C=C(\F)C[C@@H]1COC[C@@H]1NC(=O)Nc1ccc(F)cc1)OC. The second-order valence-corrected chi connectivity index (χ2v) is 5.70. The summed E-state index contributed by atoms with van der Waals surface area (Å²) in [6, 6.07) is 4.68. The average molecular weight is 352 g/mol. The topological polar surface area (TPSA) is 59.6 Å². The number of methoxy groups -OCH3 is 1. The van der Waals surface area contributed by atoms with Crippen molar-refractivity contribution in [3.05, 3.63) is 53.8 Å². The highest BCUT2D eigenvalue weighted by molar-refractivity contribution is 5.89. The molecule has 1 heterocycles. The molecule has 25 heavy (non-hydrogen) atoms. The van der Waals surface area contributed by atoms with Crippen molar-refractivity contribution >= 4 is 11.7 Å². The third-order valence-electron chi connectivity index (χ3n) is 3.89. The molecule has 2 atom stereocenters. The van der Waals surface area contributed by atoms with Crippen LogP contribution in [0.4, 0.5) is 19.3 Å². The summed E-state index contributed by atoms with van der Waals surface area (Å²) in [6.07, 6.45) is 3.13. The van der Waals surface area contributed by atoms with Crippen molar-refractivity contribution in [1.29, 1.82) is 0 Å². The maximum Gasteiger partial charge on any atom is 0.319 e. The number of rotatable bonds is 6. The first-order valence-corrected chi connectivity index (χ1v) is 7.99. The van der Waals surface area contributed by atoms with Crippen molar-refractivity contribution in [3.8, 4) is 0 Å². The molecule has 1 aliphatic heterocycles. The van der Waals surface area contributed by atoms with Gasteiger partial charge >= 0.3 is 6.03 Å². The van der Waals surface area contributed by atoms with Gasteiger partial charge in [-0.05, 0) is 37.3 Å². The van der Waals surface area contributed by atoms with Crippen molar-refractivity contribution in [3.63, 3.8) is 0 Å². The van der Waals surface area contributed by atoms with Crippen LogP contribution in [0.15, 0.2) is 48.0 Å². The number of hydrogen-bond donors (Lipinski definition) is 2. The molecule has 0 radical (unpaired) electrons. The van der Waals surface area contributed by atoms with E-state index in [1.54, 1.807) is 13.0 Å². The molecule has 136 valence electrons. The summed E-state index contributed by atoms with van der Waals surface area (Å²) < 4.78 is 37.3. The number of nitrogens with one attached hydrogen (secondary N) is 2. The van der Waals surface area contributed by atoms with E-state index < -0.39 is 6.03 Å². The smallest absolute Gasteiger partial charge is 0.319 e. The Morgan fingerprint density at radius 2 is 2.08 bits per heavy atom. The van der Waals surface area contributed by atoms with Gasteiger partial charge in [0.05, 0.1) is 26.4 Å². The molecule has 0 spiro atoms. The number of benzene rings is 1. The van der Waals surface area contributed by atoms with E-state index in [0.29, 0.717) is 24.7 Å². The number of hydrogen-bond acceptors (Lipinski definition) is 3. The molecular formula is C18H22F2N2O3. The summed E-state index contributed by atoms with van der Waals surface area (Å²) in [6.45, 7) is 2.43. The first-order chi connectivity index (χ1) is 12.0. The summed E-state index contributed by atoms with van der Waals surface area (Å²) in [7, 11) is 1.47. The fourth-order valence-electron chi connectivity index (χ4n) is 2.55. The van der Waals surface area contributed by atoms with Gasteiger partial charge in [-0.25, -0.2) is 13.6 Å². The molecule has 1 fully saturated rings. The van der Waals surface area contributed by atoms with Crippen LogP contribution < -0.4 is 10.6 Å². The van der Waals surface area contributed by atoms with Gasteiger partial charge in [0.15, 0.2) is 0 Å². The number of urea groups is 1. The highest BCUT2D eigenvalue weighted by Crippen LogP contribution is 2.23. The van der Waals surface area contributed by atoms with Crippen LogP contribution in [0.3, 0.4) is 0 Å². The standard InChI is InChI=1S/C18H22F2N2O3/c1-3-16(24-2)9-14(20)8-12-10-25-11-17(12)22-18(23)21-15-6-4-13(19)5-7-15/h3-7,9,12,17H,8,10-11H2,1-2H3,(H2,21,22,23)/b14-9+,16-3+/t12-,17+/m1/s1. The van der Waals surface area contributed by atoms with Crippen LogP contribution in [-0.2, 0) is 9.47 Å². The van der Waals surface area contributed by atoms with Crippen LogP contribution in [0.25, 0.3) is 0 Å². The Hall–Kier alpha value is -2.41. The number of amides is 2. The maximum absolute atomic E-state index is 14.1. The van der Waals surface area contributed by atoms with Gasteiger partial charge in [0.2, 0.25) is 0 Å². The van der Waals surface area contributed by atoms with E-state index in [0.717, 1.165) is 0 Å². The van der Waals surface area contributed by atoms with Crippen LogP contribution in [0, 0.1) is 11.7 Å². The Balaban J connectivity index is 1.90. The van der Waals surface area contributed by atoms with Crippen molar-refractivity contribution in [2.45, 2.75) is 19.4 Å². The minimum atomic E-state index is -0.442. The number of carbonyl (C=O) groups is 1. The molecule has 5 nitrogen and oxygen atoms in total. The normalized spacial score (nSPS) is 21.1. The molecule has 2 rings (SSSR count). The van der Waals surface area contributed by atoms with E-state index in [1.807, 2.05) is 0 Å². The Morgan fingerprint density at radius 3 is 2.72 bits per heavy atom. The third kappa shape index (κ3) is 5.86.